The van der Waals surface area contributed by atoms with E-state index in [-0.39, 0.29) is 0 Å². The van der Waals surface area contributed by atoms with Crippen molar-refractivity contribution in [3.8, 4) is 11.8 Å². The highest BCUT2D eigenvalue weighted by molar-refractivity contribution is 5.33. The van der Waals surface area contributed by atoms with Crippen molar-refractivity contribution in [3.05, 3.63) is 65.2 Å². The maximum Gasteiger partial charge on any atom is 0.120 e. The molecule has 0 saturated carbocycles. The molecular weight excluding hydrogens is 288 g/mol. The van der Waals surface area contributed by atoms with Gasteiger partial charge >= 0.3 is 0 Å². The molecule has 0 aliphatic carbocycles. The van der Waals surface area contributed by atoms with Gasteiger partial charge in [-0.25, -0.2) is 0 Å². The van der Waals surface area contributed by atoms with E-state index in [1.807, 2.05) is 42.5 Å². The van der Waals surface area contributed by atoms with Gasteiger partial charge in [0.25, 0.3) is 0 Å². The molecular formula is C19H22N2O2. The van der Waals surface area contributed by atoms with Gasteiger partial charge in [-0.1, -0.05) is 24.3 Å². The normalized spacial score (nSPS) is 11.0. The first-order valence-corrected chi connectivity index (χ1v) is 7.60. The van der Waals surface area contributed by atoms with E-state index in [0.29, 0.717) is 25.3 Å². The quantitative estimate of drug-likeness (QED) is 0.825. The minimum atomic E-state index is -0.722. The van der Waals surface area contributed by atoms with E-state index in [1.54, 1.807) is 19.9 Å². The van der Waals surface area contributed by atoms with E-state index < -0.39 is 5.60 Å². The van der Waals surface area contributed by atoms with Crippen molar-refractivity contribution in [2.75, 3.05) is 6.54 Å². The Morgan fingerprint density at radius 2 is 1.87 bits per heavy atom. The van der Waals surface area contributed by atoms with Crippen LogP contribution < -0.4 is 10.1 Å². The molecule has 0 fully saturated rings. The minimum Gasteiger partial charge on any atom is -0.489 e. The molecule has 0 amide bonds. The first-order chi connectivity index (χ1) is 11.0. The topological polar surface area (TPSA) is 65.3 Å². The van der Waals surface area contributed by atoms with Crippen molar-refractivity contribution in [2.24, 2.45) is 0 Å². The standard InChI is InChI=1S/C19H22N2O2/c1-19(2,22)14-21-12-16-6-4-8-18(10-16)23-13-17-7-3-5-15(9-17)11-20/h3-10,21-22H,12-14H2,1-2H3. The van der Waals surface area contributed by atoms with Crippen LogP contribution in [-0.4, -0.2) is 17.3 Å². The van der Waals surface area contributed by atoms with Gasteiger partial charge in [0.05, 0.1) is 17.2 Å². The van der Waals surface area contributed by atoms with E-state index in [0.717, 1.165) is 16.9 Å². The highest BCUT2D eigenvalue weighted by atomic mass is 16.5. The molecule has 0 spiro atoms. The number of hydrogen-bond donors (Lipinski definition) is 2. The molecule has 23 heavy (non-hydrogen) atoms. The van der Waals surface area contributed by atoms with Crippen LogP contribution in [0.4, 0.5) is 0 Å². The molecule has 2 aromatic carbocycles. The molecule has 2 N–H and O–H groups in total. The van der Waals surface area contributed by atoms with Gasteiger partial charge in [-0.15, -0.1) is 0 Å². The first-order valence-electron chi connectivity index (χ1n) is 7.60. The molecule has 0 radical (unpaired) electrons. The van der Waals surface area contributed by atoms with Crippen LogP contribution in [0, 0.1) is 11.3 Å². The fraction of sp³-hybridized carbons (Fsp3) is 0.316. The largest absolute Gasteiger partial charge is 0.489 e. The van der Waals surface area contributed by atoms with Crippen molar-refractivity contribution in [2.45, 2.75) is 32.6 Å². The van der Waals surface area contributed by atoms with Crippen LogP contribution in [0.15, 0.2) is 48.5 Å². The molecule has 0 aromatic heterocycles. The number of ether oxygens (including phenoxy) is 1. The third kappa shape index (κ3) is 6.11. The van der Waals surface area contributed by atoms with E-state index in [1.165, 1.54) is 0 Å². The van der Waals surface area contributed by atoms with Crippen LogP contribution in [-0.2, 0) is 13.2 Å². The van der Waals surface area contributed by atoms with Crippen molar-refractivity contribution in [1.29, 1.82) is 5.26 Å². The molecule has 0 bridgehead atoms. The second kappa shape index (κ2) is 7.77. The summed E-state index contributed by atoms with van der Waals surface area (Å²) in [4.78, 5) is 0. The SMILES string of the molecule is CC(C)(O)CNCc1cccc(OCc2cccc(C#N)c2)c1. The van der Waals surface area contributed by atoms with Crippen molar-refractivity contribution in [3.63, 3.8) is 0 Å². The van der Waals surface area contributed by atoms with Crippen LogP contribution in [0.3, 0.4) is 0 Å². The molecule has 120 valence electrons. The number of nitriles is 1. The predicted molar refractivity (Wildman–Crippen MR) is 89.9 cm³/mol. The van der Waals surface area contributed by atoms with Crippen molar-refractivity contribution >= 4 is 0 Å². The fourth-order valence-corrected chi connectivity index (χ4v) is 2.16. The number of aliphatic hydroxyl groups is 1. The smallest absolute Gasteiger partial charge is 0.120 e. The average Bonchev–Trinajstić information content (AvgIpc) is 2.52. The lowest BCUT2D eigenvalue weighted by molar-refractivity contribution is 0.0795. The number of nitrogens with one attached hydrogen (secondary N) is 1. The van der Waals surface area contributed by atoms with Gasteiger partial charge in [0.15, 0.2) is 0 Å². The van der Waals surface area contributed by atoms with E-state index >= 15 is 0 Å². The third-order valence-electron chi connectivity index (χ3n) is 3.25. The van der Waals surface area contributed by atoms with E-state index in [4.69, 9.17) is 10.00 Å². The highest BCUT2D eigenvalue weighted by Gasteiger charge is 2.11. The lowest BCUT2D eigenvalue weighted by atomic mass is 10.1. The Bertz CT molecular complexity index is 684. The average molecular weight is 310 g/mol. The van der Waals surface area contributed by atoms with Gasteiger partial charge in [-0.2, -0.15) is 5.26 Å². The summed E-state index contributed by atoms with van der Waals surface area (Å²) in [7, 11) is 0. The monoisotopic (exact) mass is 310 g/mol. The Balaban J connectivity index is 1.91. The molecule has 0 saturated heterocycles. The summed E-state index contributed by atoms with van der Waals surface area (Å²) >= 11 is 0. The van der Waals surface area contributed by atoms with Gasteiger partial charge in [0.2, 0.25) is 0 Å². The fourth-order valence-electron chi connectivity index (χ4n) is 2.16. The molecule has 0 atom stereocenters. The van der Waals surface area contributed by atoms with Crippen LogP contribution in [0.1, 0.15) is 30.5 Å². The molecule has 4 heteroatoms. The lowest BCUT2D eigenvalue weighted by Crippen LogP contribution is -2.34. The second-order valence-corrected chi connectivity index (χ2v) is 6.16. The zero-order valence-electron chi connectivity index (χ0n) is 13.5. The number of benzene rings is 2. The first kappa shape index (κ1) is 17.0. The van der Waals surface area contributed by atoms with Crippen molar-refractivity contribution < 1.29 is 9.84 Å². The molecule has 0 aliphatic heterocycles. The summed E-state index contributed by atoms with van der Waals surface area (Å²) < 4.78 is 5.79. The van der Waals surface area contributed by atoms with E-state index in [2.05, 4.69) is 11.4 Å². The molecule has 2 rings (SSSR count). The third-order valence-corrected chi connectivity index (χ3v) is 3.25. The van der Waals surface area contributed by atoms with Crippen LogP contribution >= 0.6 is 0 Å². The predicted octanol–water partition coefficient (Wildman–Crippen LogP) is 3.00. The molecule has 2 aromatic rings. The summed E-state index contributed by atoms with van der Waals surface area (Å²) in [5.74, 6) is 0.787. The van der Waals surface area contributed by atoms with Crippen LogP contribution in [0.2, 0.25) is 0 Å². The summed E-state index contributed by atoms with van der Waals surface area (Å²) in [6, 6.07) is 17.4. The van der Waals surface area contributed by atoms with Gasteiger partial charge in [0, 0.05) is 13.1 Å². The minimum absolute atomic E-state index is 0.427. The van der Waals surface area contributed by atoms with Gasteiger partial charge in [0.1, 0.15) is 12.4 Å². The summed E-state index contributed by atoms with van der Waals surface area (Å²) in [6.45, 7) is 5.17. The van der Waals surface area contributed by atoms with Gasteiger partial charge in [-0.05, 0) is 49.2 Å². The molecule has 0 aliphatic rings. The molecule has 0 heterocycles. The summed E-state index contributed by atoms with van der Waals surface area (Å²) in [6.07, 6.45) is 0. The Kier molecular flexibility index (Phi) is 5.75. The Morgan fingerprint density at radius 3 is 2.61 bits per heavy atom. The van der Waals surface area contributed by atoms with Gasteiger partial charge < -0.3 is 15.2 Å². The number of nitrogens with zero attached hydrogens (tertiary/aromatic N) is 1. The number of hydrogen-bond acceptors (Lipinski definition) is 4. The zero-order chi connectivity index (χ0) is 16.7. The summed E-state index contributed by atoms with van der Waals surface area (Å²) in [5, 5.41) is 21.8. The Morgan fingerprint density at radius 1 is 1.13 bits per heavy atom. The molecule has 0 unspecified atom stereocenters. The Labute approximate surface area is 137 Å². The summed E-state index contributed by atoms with van der Waals surface area (Å²) in [5.41, 5.74) is 1.97. The number of rotatable bonds is 7. The zero-order valence-corrected chi connectivity index (χ0v) is 13.5. The highest BCUT2D eigenvalue weighted by Crippen LogP contribution is 2.16. The van der Waals surface area contributed by atoms with E-state index in [9.17, 15) is 5.11 Å². The second-order valence-electron chi connectivity index (χ2n) is 6.16. The maximum atomic E-state index is 9.69. The maximum absolute atomic E-state index is 9.69. The van der Waals surface area contributed by atoms with Gasteiger partial charge in [-0.3, -0.25) is 0 Å². The Hall–Kier alpha value is -2.35. The van der Waals surface area contributed by atoms with Crippen LogP contribution in [0.25, 0.3) is 0 Å². The van der Waals surface area contributed by atoms with Crippen molar-refractivity contribution in [1.82, 2.24) is 5.32 Å². The lowest BCUT2D eigenvalue weighted by Gasteiger charge is -2.17. The van der Waals surface area contributed by atoms with Crippen LogP contribution in [0.5, 0.6) is 5.75 Å². The molecule has 4 nitrogen and oxygen atoms in total.